The Bertz CT molecular complexity index is 397. The molecule has 0 N–H and O–H groups in total. The standard InChI is InChI=1S/C13H15BrO2/c1-3-16-13(15)6-4-5-11-8-7-10(2)9-12(11)14/h4-5,7-9H,3,6H2,1-2H3. The lowest BCUT2D eigenvalue weighted by molar-refractivity contribution is -0.142. The minimum atomic E-state index is -0.193. The quantitative estimate of drug-likeness (QED) is 0.787. The number of aryl methyl sites for hydroxylation is 1. The van der Waals surface area contributed by atoms with Gasteiger partial charge in [0.1, 0.15) is 0 Å². The number of esters is 1. The second-order valence-electron chi connectivity index (χ2n) is 3.44. The van der Waals surface area contributed by atoms with Crippen molar-refractivity contribution in [2.75, 3.05) is 6.61 Å². The maximum Gasteiger partial charge on any atom is 0.309 e. The topological polar surface area (TPSA) is 26.3 Å². The van der Waals surface area contributed by atoms with E-state index in [0.717, 1.165) is 10.0 Å². The van der Waals surface area contributed by atoms with Crippen LogP contribution in [0.2, 0.25) is 0 Å². The van der Waals surface area contributed by atoms with Crippen LogP contribution < -0.4 is 0 Å². The zero-order chi connectivity index (χ0) is 12.0. The van der Waals surface area contributed by atoms with Crippen molar-refractivity contribution in [3.8, 4) is 0 Å². The summed E-state index contributed by atoms with van der Waals surface area (Å²) in [6.45, 7) is 4.27. The summed E-state index contributed by atoms with van der Waals surface area (Å²) in [6, 6.07) is 6.10. The van der Waals surface area contributed by atoms with Gasteiger partial charge in [0.2, 0.25) is 0 Å². The minimum absolute atomic E-state index is 0.193. The maximum absolute atomic E-state index is 11.1. The van der Waals surface area contributed by atoms with Crippen LogP contribution in [0.25, 0.3) is 6.08 Å². The molecule has 0 atom stereocenters. The number of hydrogen-bond acceptors (Lipinski definition) is 2. The molecule has 1 aromatic rings. The molecule has 0 spiro atoms. The lowest BCUT2D eigenvalue weighted by atomic mass is 10.1. The third kappa shape index (κ3) is 4.19. The van der Waals surface area contributed by atoms with Gasteiger partial charge >= 0.3 is 5.97 Å². The minimum Gasteiger partial charge on any atom is -0.466 e. The maximum atomic E-state index is 11.1. The number of benzene rings is 1. The lowest BCUT2D eigenvalue weighted by Crippen LogP contribution is -2.01. The second-order valence-corrected chi connectivity index (χ2v) is 4.29. The Hall–Kier alpha value is -1.09. The molecule has 2 nitrogen and oxygen atoms in total. The van der Waals surface area contributed by atoms with Crippen molar-refractivity contribution in [3.05, 3.63) is 39.9 Å². The highest BCUT2D eigenvalue weighted by atomic mass is 79.9. The van der Waals surface area contributed by atoms with Gasteiger partial charge in [0.15, 0.2) is 0 Å². The summed E-state index contributed by atoms with van der Waals surface area (Å²) in [5.74, 6) is -0.193. The monoisotopic (exact) mass is 282 g/mol. The molecule has 0 bridgehead atoms. The first-order valence-corrected chi connectivity index (χ1v) is 6.01. The van der Waals surface area contributed by atoms with Crippen LogP contribution in [0, 0.1) is 6.92 Å². The number of hydrogen-bond donors (Lipinski definition) is 0. The molecule has 0 aliphatic heterocycles. The van der Waals surface area contributed by atoms with Gasteiger partial charge in [0, 0.05) is 4.47 Å². The molecule has 0 aliphatic rings. The molecule has 0 heterocycles. The van der Waals surface area contributed by atoms with Crippen molar-refractivity contribution in [1.29, 1.82) is 0 Å². The highest BCUT2D eigenvalue weighted by molar-refractivity contribution is 9.10. The summed E-state index contributed by atoms with van der Waals surface area (Å²) in [5, 5.41) is 0. The molecule has 0 fully saturated rings. The Morgan fingerprint density at radius 1 is 1.50 bits per heavy atom. The average molecular weight is 283 g/mol. The number of halogens is 1. The largest absolute Gasteiger partial charge is 0.466 e. The molecule has 0 unspecified atom stereocenters. The van der Waals surface area contributed by atoms with Gasteiger partial charge in [0.05, 0.1) is 13.0 Å². The average Bonchev–Trinajstić information content (AvgIpc) is 2.22. The molecular weight excluding hydrogens is 268 g/mol. The molecule has 0 aromatic heterocycles. The van der Waals surface area contributed by atoms with Gasteiger partial charge in [-0.3, -0.25) is 4.79 Å². The molecule has 0 saturated carbocycles. The van der Waals surface area contributed by atoms with Crippen LogP contribution in [0.4, 0.5) is 0 Å². The SMILES string of the molecule is CCOC(=O)CC=Cc1ccc(C)cc1Br. The molecule has 0 radical (unpaired) electrons. The van der Waals surface area contributed by atoms with Gasteiger partial charge in [-0.05, 0) is 31.0 Å². The van der Waals surface area contributed by atoms with E-state index in [9.17, 15) is 4.79 Å². The highest BCUT2D eigenvalue weighted by Crippen LogP contribution is 2.19. The van der Waals surface area contributed by atoms with Crippen molar-refractivity contribution in [1.82, 2.24) is 0 Å². The molecule has 0 aliphatic carbocycles. The third-order valence-electron chi connectivity index (χ3n) is 2.04. The van der Waals surface area contributed by atoms with Gasteiger partial charge in [0.25, 0.3) is 0 Å². The van der Waals surface area contributed by atoms with Crippen LogP contribution >= 0.6 is 15.9 Å². The second kappa shape index (κ2) is 6.48. The van der Waals surface area contributed by atoms with Crippen molar-refractivity contribution in [3.63, 3.8) is 0 Å². The van der Waals surface area contributed by atoms with Crippen LogP contribution in [0.3, 0.4) is 0 Å². The van der Waals surface area contributed by atoms with Gasteiger partial charge in [-0.25, -0.2) is 0 Å². The van der Waals surface area contributed by atoms with E-state index in [2.05, 4.69) is 15.9 Å². The molecular formula is C13H15BrO2. The van der Waals surface area contributed by atoms with E-state index in [0.29, 0.717) is 13.0 Å². The Morgan fingerprint density at radius 3 is 2.88 bits per heavy atom. The fourth-order valence-corrected chi connectivity index (χ4v) is 1.89. The molecule has 1 rings (SSSR count). The van der Waals surface area contributed by atoms with Crippen LogP contribution in [0.5, 0.6) is 0 Å². The Labute approximate surface area is 104 Å². The number of carbonyl (C=O) groups excluding carboxylic acids is 1. The number of carbonyl (C=O) groups is 1. The van der Waals surface area contributed by atoms with E-state index in [1.807, 2.05) is 37.3 Å². The molecule has 0 amide bonds. The molecule has 0 saturated heterocycles. The first-order valence-electron chi connectivity index (χ1n) is 5.21. The highest BCUT2D eigenvalue weighted by Gasteiger charge is 1.98. The van der Waals surface area contributed by atoms with E-state index >= 15 is 0 Å². The third-order valence-corrected chi connectivity index (χ3v) is 2.73. The predicted octanol–water partition coefficient (Wildman–Crippen LogP) is 3.72. The molecule has 3 heteroatoms. The smallest absolute Gasteiger partial charge is 0.309 e. The van der Waals surface area contributed by atoms with Crippen LogP contribution in [-0.2, 0) is 9.53 Å². The summed E-state index contributed by atoms with van der Waals surface area (Å²) in [5.41, 5.74) is 2.27. The van der Waals surface area contributed by atoms with Crippen LogP contribution in [-0.4, -0.2) is 12.6 Å². The molecule has 1 aromatic carbocycles. The van der Waals surface area contributed by atoms with E-state index in [1.54, 1.807) is 6.92 Å². The summed E-state index contributed by atoms with van der Waals surface area (Å²) in [7, 11) is 0. The normalized spacial score (nSPS) is 10.7. The Balaban J connectivity index is 2.59. The van der Waals surface area contributed by atoms with E-state index in [1.165, 1.54) is 5.56 Å². The molecule has 16 heavy (non-hydrogen) atoms. The number of rotatable bonds is 4. The van der Waals surface area contributed by atoms with Gasteiger partial charge in [-0.1, -0.05) is 40.2 Å². The first-order chi connectivity index (χ1) is 7.63. The van der Waals surface area contributed by atoms with Crippen LogP contribution in [0.1, 0.15) is 24.5 Å². The summed E-state index contributed by atoms with van der Waals surface area (Å²) >= 11 is 3.48. The van der Waals surface area contributed by atoms with Crippen molar-refractivity contribution in [2.24, 2.45) is 0 Å². The Morgan fingerprint density at radius 2 is 2.25 bits per heavy atom. The zero-order valence-electron chi connectivity index (χ0n) is 9.50. The van der Waals surface area contributed by atoms with E-state index in [-0.39, 0.29) is 5.97 Å². The number of ether oxygens (including phenoxy) is 1. The first kappa shape index (κ1) is 13.0. The summed E-state index contributed by atoms with van der Waals surface area (Å²) in [6.07, 6.45) is 4.04. The van der Waals surface area contributed by atoms with Gasteiger partial charge in [-0.15, -0.1) is 0 Å². The zero-order valence-corrected chi connectivity index (χ0v) is 11.1. The van der Waals surface area contributed by atoms with Crippen molar-refractivity contribution < 1.29 is 9.53 Å². The van der Waals surface area contributed by atoms with Crippen molar-refractivity contribution in [2.45, 2.75) is 20.3 Å². The Kier molecular flexibility index (Phi) is 5.26. The summed E-state index contributed by atoms with van der Waals surface area (Å²) in [4.78, 5) is 11.1. The summed E-state index contributed by atoms with van der Waals surface area (Å²) < 4.78 is 5.86. The van der Waals surface area contributed by atoms with Crippen LogP contribution in [0.15, 0.2) is 28.7 Å². The fraction of sp³-hybridized carbons (Fsp3) is 0.308. The fourth-order valence-electron chi connectivity index (χ4n) is 1.27. The van der Waals surface area contributed by atoms with E-state index < -0.39 is 0 Å². The predicted molar refractivity (Wildman–Crippen MR) is 69.2 cm³/mol. The van der Waals surface area contributed by atoms with Gasteiger partial charge in [-0.2, -0.15) is 0 Å². The van der Waals surface area contributed by atoms with Gasteiger partial charge < -0.3 is 4.74 Å². The van der Waals surface area contributed by atoms with E-state index in [4.69, 9.17) is 4.74 Å². The lowest BCUT2D eigenvalue weighted by Gasteiger charge is -2.00. The molecule has 86 valence electrons. The van der Waals surface area contributed by atoms with Crippen molar-refractivity contribution >= 4 is 28.0 Å².